The molecule has 0 unspecified atom stereocenters. The quantitative estimate of drug-likeness (QED) is 0.733. The molecule has 2 heterocycles. The SMILES string of the molecule is Cc1ncc(-c2ccc(-c3cc(N)ncn3)cc2)[nH]1. The molecule has 0 saturated carbocycles. The van der Waals surface area contributed by atoms with E-state index in [9.17, 15) is 0 Å². The molecule has 3 N–H and O–H groups in total. The Labute approximate surface area is 110 Å². The maximum Gasteiger partial charge on any atom is 0.127 e. The van der Waals surface area contributed by atoms with Crippen LogP contribution in [0, 0.1) is 6.92 Å². The van der Waals surface area contributed by atoms with E-state index in [4.69, 9.17) is 5.73 Å². The first kappa shape index (κ1) is 11.4. The third-order valence-corrected chi connectivity index (χ3v) is 2.88. The maximum absolute atomic E-state index is 5.66. The second kappa shape index (κ2) is 4.53. The first-order chi connectivity index (χ1) is 9.22. The van der Waals surface area contributed by atoms with Gasteiger partial charge in [0.25, 0.3) is 0 Å². The van der Waals surface area contributed by atoms with E-state index in [0.29, 0.717) is 5.82 Å². The number of nitrogens with two attached hydrogens (primary N) is 1. The lowest BCUT2D eigenvalue weighted by molar-refractivity contribution is 1.15. The molecule has 0 amide bonds. The van der Waals surface area contributed by atoms with E-state index < -0.39 is 0 Å². The highest BCUT2D eigenvalue weighted by Crippen LogP contribution is 2.23. The fraction of sp³-hybridized carbons (Fsp3) is 0.0714. The topological polar surface area (TPSA) is 80.5 Å². The lowest BCUT2D eigenvalue weighted by Gasteiger charge is -2.03. The summed E-state index contributed by atoms with van der Waals surface area (Å²) in [7, 11) is 0. The molecule has 0 aliphatic rings. The summed E-state index contributed by atoms with van der Waals surface area (Å²) in [6.07, 6.45) is 3.30. The molecule has 3 aromatic rings. The third kappa shape index (κ3) is 2.30. The van der Waals surface area contributed by atoms with E-state index in [1.807, 2.05) is 37.4 Å². The number of imidazole rings is 1. The zero-order valence-electron chi connectivity index (χ0n) is 10.5. The first-order valence-electron chi connectivity index (χ1n) is 5.92. The van der Waals surface area contributed by atoms with Crippen LogP contribution in [-0.4, -0.2) is 19.9 Å². The van der Waals surface area contributed by atoms with Gasteiger partial charge in [0, 0.05) is 11.6 Å². The minimum Gasteiger partial charge on any atom is -0.384 e. The average Bonchev–Trinajstić information content (AvgIpc) is 2.86. The first-order valence-corrected chi connectivity index (χ1v) is 5.92. The number of aromatic amines is 1. The van der Waals surface area contributed by atoms with Crippen LogP contribution in [0.4, 0.5) is 5.82 Å². The Morgan fingerprint density at radius 1 is 1.00 bits per heavy atom. The van der Waals surface area contributed by atoms with Gasteiger partial charge in [0.1, 0.15) is 18.0 Å². The van der Waals surface area contributed by atoms with E-state index in [1.165, 1.54) is 6.33 Å². The monoisotopic (exact) mass is 251 g/mol. The van der Waals surface area contributed by atoms with Gasteiger partial charge in [-0.25, -0.2) is 15.0 Å². The Morgan fingerprint density at radius 3 is 2.37 bits per heavy atom. The fourth-order valence-corrected chi connectivity index (χ4v) is 1.92. The number of hydrogen-bond donors (Lipinski definition) is 2. The van der Waals surface area contributed by atoms with Crippen LogP contribution in [0.3, 0.4) is 0 Å². The number of rotatable bonds is 2. The van der Waals surface area contributed by atoms with Gasteiger partial charge in [0.2, 0.25) is 0 Å². The molecule has 5 nitrogen and oxygen atoms in total. The molecule has 0 aliphatic heterocycles. The Bertz CT molecular complexity index is 700. The summed E-state index contributed by atoms with van der Waals surface area (Å²) in [5, 5.41) is 0. The summed E-state index contributed by atoms with van der Waals surface area (Å²) in [6.45, 7) is 1.93. The molecular formula is C14H13N5. The Hall–Kier alpha value is -2.69. The summed E-state index contributed by atoms with van der Waals surface area (Å²) < 4.78 is 0. The van der Waals surface area contributed by atoms with Crippen molar-refractivity contribution in [3.05, 3.63) is 48.7 Å². The van der Waals surface area contributed by atoms with Crippen molar-refractivity contribution >= 4 is 5.82 Å². The molecule has 0 spiro atoms. The second-order valence-corrected chi connectivity index (χ2v) is 4.29. The predicted octanol–water partition coefficient (Wildman–Crippen LogP) is 2.42. The Morgan fingerprint density at radius 2 is 1.74 bits per heavy atom. The fourth-order valence-electron chi connectivity index (χ4n) is 1.92. The zero-order chi connectivity index (χ0) is 13.2. The van der Waals surface area contributed by atoms with Gasteiger partial charge < -0.3 is 10.7 Å². The van der Waals surface area contributed by atoms with Crippen LogP contribution in [-0.2, 0) is 0 Å². The molecule has 5 heteroatoms. The van der Waals surface area contributed by atoms with Crippen molar-refractivity contribution in [2.45, 2.75) is 6.92 Å². The van der Waals surface area contributed by atoms with E-state index in [-0.39, 0.29) is 0 Å². The molecule has 94 valence electrons. The Balaban J connectivity index is 1.95. The molecule has 0 saturated heterocycles. The lowest BCUT2D eigenvalue weighted by Crippen LogP contribution is -1.92. The van der Waals surface area contributed by atoms with Gasteiger partial charge in [-0.2, -0.15) is 0 Å². The summed E-state index contributed by atoms with van der Waals surface area (Å²) in [4.78, 5) is 15.5. The van der Waals surface area contributed by atoms with Gasteiger partial charge in [-0.1, -0.05) is 24.3 Å². The molecule has 1 aromatic carbocycles. The second-order valence-electron chi connectivity index (χ2n) is 4.29. The summed E-state index contributed by atoms with van der Waals surface area (Å²) in [5.74, 6) is 1.38. The van der Waals surface area contributed by atoms with E-state index in [1.54, 1.807) is 6.07 Å². The molecule has 2 aromatic heterocycles. The molecule has 19 heavy (non-hydrogen) atoms. The number of H-pyrrole nitrogens is 1. The zero-order valence-corrected chi connectivity index (χ0v) is 10.5. The number of hydrogen-bond acceptors (Lipinski definition) is 4. The van der Waals surface area contributed by atoms with E-state index in [2.05, 4.69) is 19.9 Å². The standard InChI is InChI=1S/C14H13N5/c1-9-16-7-13(19-9)11-4-2-10(3-5-11)12-6-14(15)18-8-17-12/h2-8H,1H3,(H,16,19)(H2,15,17,18). The molecule has 0 aliphatic carbocycles. The van der Waals surface area contributed by atoms with Crippen molar-refractivity contribution in [2.75, 3.05) is 5.73 Å². The molecule has 0 atom stereocenters. The number of nitrogens with zero attached hydrogens (tertiary/aromatic N) is 3. The van der Waals surface area contributed by atoms with Crippen molar-refractivity contribution in [2.24, 2.45) is 0 Å². The largest absolute Gasteiger partial charge is 0.384 e. The number of nitrogens with one attached hydrogen (secondary N) is 1. The van der Waals surface area contributed by atoms with Gasteiger partial charge >= 0.3 is 0 Å². The van der Waals surface area contributed by atoms with Crippen molar-refractivity contribution in [3.63, 3.8) is 0 Å². The van der Waals surface area contributed by atoms with Crippen molar-refractivity contribution in [3.8, 4) is 22.5 Å². The van der Waals surface area contributed by atoms with Crippen molar-refractivity contribution in [1.82, 2.24) is 19.9 Å². The predicted molar refractivity (Wildman–Crippen MR) is 74.2 cm³/mol. The van der Waals surface area contributed by atoms with Crippen molar-refractivity contribution < 1.29 is 0 Å². The number of nitrogen functional groups attached to an aromatic ring is 1. The molecular weight excluding hydrogens is 238 g/mol. The highest BCUT2D eigenvalue weighted by molar-refractivity contribution is 5.67. The summed E-state index contributed by atoms with van der Waals surface area (Å²) in [5.41, 5.74) is 9.58. The van der Waals surface area contributed by atoms with Crippen LogP contribution in [0.1, 0.15) is 5.82 Å². The minimum absolute atomic E-state index is 0.471. The van der Waals surface area contributed by atoms with Crippen LogP contribution in [0.5, 0.6) is 0 Å². The average molecular weight is 251 g/mol. The van der Waals surface area contributed by atoms with Crippen LogP contribution < -0.4 is 5.73 Å². The van der Waals surface area contributed by atoms with E-state index >= 15 is 0 Å². The van der Waals surface area contributed by atoms with Gasteiger partial charge in [-0.3, -0.25) is 0 Å². The number of benzene rings is 1. The van der Waals surface area contributed by atoms with Gasteiger partial charge in [-0.05, 0) is 12.5 Å². The third-order valence-electron chi connectivity index (χ3n) is 2.88. The molecule has 0 fully saturated rings. The Kier molecular flexibility index (Phi) is 2.72. The van der Waals surface area contributed by atoms with Crippen LogP contribution >= 0.6 is 0 Å². The van der Waals surface area contributed by atoms with Crippen LogP contribution in [0.2, 0.25) is 0 Å². The molecule has 3 rings (SSSR count). The van der Waals surface area contributed by atoms with Gasteiger partial charge in [-0.15, -0.1) is 0 Å². The number of aryl methyl sites for hydroxylation is 1. The van der Waals surface area contributed by atoms with Crippen LogP contribution in [0.15, 0.2) is 42.9 Å². The lowest BCUT2D eigenvalue weighted by atomic mass is 10.1. The highest BCUT2D eigenvalue weighted by atomic mass is 14.9. The summed E-state index contributed by atoms with van der Waals surface area (Å²) in [6, 6.07) is 9.83. The number of anilines is 1. The molecule has 0 radical (unpaired) electrons. The normalized spacial score (nSPS) is 10.6. The maximum atomic E-state index is 5.66. The van der Waals surface area contributed by atoms with Gasteiger partial charge in [0.05, 0.1) is 17.6 Å². The molecule has 0 bridgehead atoms. The number of aromatic nitrogens is 4. The minimum atomic E-state index is 0.471. The summed E-state index contributed by atoms with van der Waals surface area (Å²) >= 11 is 0. The smallest absolute Gasteiger partial charge is 0.127 e. The van der Waals surface area contributed by atoms with E-state index in [0.717, 1.165) is 28.3 Å². The van der Waals surface area contributed by atoms with Crippen LogP contribution in [0.25, 0.3) is 22.5 Å². The van der Waals surface area contributed by atoms with Crippen molar-refractivity contribution in [1.29, 1.82) is 0 Å². The van der Waals surface area contributed by atoms with Gasteiger partial charge in [0.15, 0.2) is 0 Å². The highest BCUT2D eigenvalue weighted by Gasteiger charge is 2.03.